The second-order valence-corrected chi connectivity index (χ2v) is 7.88. The summed E-state index contributed by atoms with van der Waals surface area (Å²) in [5, 5.41) is 10.4. The first-order valence-electron chi connectivity index (χ1n) is 9.54. The Morgan fingerprint density at radius 2 is 1.07 bits per heavy atom. The minimum Gasteiger partial charge on any atom is -0.388 e. The van der Waals surface area contributed by atoms with Crippen molar-refractivity contribution in [2.24, 2.45) is 0 Å². The zero-order chi connectivity index (χ0) is 21.5. The standard InChI is InChI=1S/C23H18N2OS.C2H6O/c1-15-3-5-18(6-4-15)19-9-13-21(14-10-19)23-25-24-22(27-23)20-11-7-17(8-12-20)16(2)26;1-3-2/h3-14H,1-2H3;1-2H3. The Balaban J connectivity index is 0.000000806. The molecule has 0 saturated heterocycles. The van der Waals surface area contributed by atoms with Crippen LogP contribution in [-0.4, -0.2) is 30.2 Å². The van der Waals surface area contributed by atoms with Crippen LogP contribution in [0.3, 0.4) is 0 Å². The molecule has 30 heavy (non-hydrogen) atoms. The first-order chi connectivity index (χ1) is 14.5. The van der Waals surface area contributed by atoms with Gasteiger partial charge in [-0.1, -0.05) is 89.7 Å². The van der Waals surface area contributed by atoms with Crippen molar-refractivity contribution in [1.82, 2.24) is 10.2 Å². The summed E-state index contributed by atoms with van der Waals surface area (Å²) in [6.07, 6.45) is 0. The normalized spacial score (nSPS) is 10.3. The molecular weight excluding hydrogens is 392 g/mol. The summed E-state index contributed by atoms with van der Waals surface area (Å²) < 4.78 is 4.25. The van der Waals surface area contributed by atoms with E-state index < -0.39 is 0 Å². The first kappa shape index (κ1) is 21.6. The Labute approximate surface area is 181 Å². The number of nitrogens with zero attached hydrogens (tertiary/aromatic N) is 2. The van der Waals surface area contributed by atoms with Crippen molar-refractivity contribution in [3.63, 3.8) is 0 Å². The van der Waals surface area contributed by atoms with E-state index in [1.54, 1.807) is 32.5 Å². The van der Waals surface area contributed by atoms with Gasteiger partial charge in [0.2, 0.25) is 0 Å². The SMILES string of the molecule is CC(=O)c1ccc(-c2nnc(-c3ccc(-c4ccc(C)cc4)cc3)s2)cc1.COC. The average Bonchev–Trinajstić information content (AvgIpc) is 3.25. The number of Topliss-reactive ketones (excluding diaryl/α,β-unsaturated/α-hetero) is 1. The van der Waals surface area contributed by atoms with E-state index in [0.717, 1.165) is 21.1 Å². The van der Waals surface area contributed by atoms with Gasteiger partial charge in [0.25, 0.3) is 0 Å². The highest BCUT2D eigenvalue weighted by molar-refractivity contribution is 7.17. The molecule has 0 spiro atoms. The molecule has 4 nitrogen and oxygen atoms in total. The molecule has 4 rings (SSSR count). The molecule has 0 amide bonds. The molecule has 0 fully saturated rings. The Morgan fingerprint density at radius 3 is 1.50 bits per heavy atom. The van der Waals surface area contributed by atoms with E-state index in [4.69, 9.17) is 0 Å². The fourth-order valence-corrected chi connectivity index (χ4v) is 3.71. The predicted octanol–water partition coefficient (Wildman–Crippen LogP) is 6.31. The fraction of sp³-hybridized carbons (Fsp3) is 0.160. The van der Waals surface area contributed by atoms with Gasteiger partial charge in [-0.25, -0.2) is 0 Å². The van der Waals surface area contributed by atoms with Crippen molar-refractivity contribution in [3.05, 3.63) is 83.9 Å². The summed E-state index contributed by atoms with van der Waals surface area (Å²) >= 11 is 1.55. The van der Waals surface area contributed by atoms with E-state index in [0.29, 0.717) is 5.56 Å². The van der Waals surface area contributed by atoms with E-state index in [-0.39, 0.29) is 5.78 Å². The minimum absolute atomic E-state index is 0.0631. The van der Waals surface area contributed by atoms with Crippen LogP contribution in [0.4, 0.5) is 0 Å². The number of carbonyl (C=O) groups is 1. The third-order valence-corrected chi connectivity index (χ3v) is 5.50. The molecule has 0 N–H and O–H groups in total. The maximum atomic E-state index is 11.4. The molecule has 5 heteroatoms. The molecule has 4 aromatic rings. The van der Waals surface area contributed by atoms with Crippen molar-refractivity contribution in [1.29, 1.82) is 0 Å². The number of rotatable bonds is 4. The summed E-state index contributed by atoms with van der Waals surface area (Å²) in [7, 11) is 3.25. The Morgan fingerprint density at radius 1 is 0.700 bits per heavy atom. The Kier molecular flexibility index (Phi) is 7.22. The quantitative estimate of drug-likeness (QED) is 0.366. The van der Waals surface area contributed by atoms with E-state index in [9.17, 15) is 4.79 Å². The fourth-order valence-electron chi connectivity index (χ4n) is 2.86. The van der Waals surface area contributed by atoms with Crippen molar-refractivity contribution in [3.8, 4) is 32.3 Å². The van der Waals surface area contributed by atoms with Crippen LogP contribution in [0, 0.1) is 6.92 Å². The van der Waals surface area contributed by atoms with Gasteiger partial charge in [0.1, 0.15) is 10.0 Å². The molecule has 1 heterocycles. The molecule has 0 aliphatic heterocycles. The molecule has 0 unspecified atom stereocenters. The van der Waals surface area contributed by atoms with Crippen molar-refractivity contribution in [2.45, 2.75) is 13.8 Å². The van der Waals surface area contributed by atoms with Crippen molar-refractivity contribution < 1.29 is 9.53 Å². The molecule has 0 atom stereocenters. The van der Waals surface area contributed by atoms with Gasteiger partial charge in [0.05, 0.1) is 0 Å². The second kappa shape index (κ2) is 10.1. The lowest BCUT2D eigenvalue weighted by Gasteiger charge is -2.03. The van der Waals surface area contributed by atoms with Gasteiger partial charge in [0, 0.05) is 30.9 Å². The van der Waals surface area contributed by atoms with Crippen LogP contribution >= 0.6 is 11.3 Å². The molecule has 1 aromatic heterocycles. The number of hydrogen-bond donors (Lipinski definition) is 0. The maximum Gasteiger partial charge on any atom is 0.159 e. The zero-order valence-electron chi connectivity index (χ0n) is 17.5. The lowest BCUT2D eigenvalue weighted by Crippen LogP contribution is -1.90. The number of methoxy groups -OCH3 is 1. The summed E-state index contributed by atoms with van der Waals surface area (Å²) in [4.78, 5) is 11.4. The third kappa shape index (κ3) is 5.26. The lowest BCUT2D eigenvalue weighted by atomic mass is 10.0. The Hall–Kier alpha value is -3.15. The number of hydrogen-bond acceptors (Lipinski definition) is 5. The van der Waals surface area contributed by atoms with E-state index in [1.807, 2.05) is 24.3 Å². The van der Waals surface area contributed by atoms with Crippen LogP contribution in [0.25, 0.3) is 32.3 Å². The van der Waals surface area contributed by atoms with Crippen LogP contribution in [0.5, 0.6) is 0 Å². The minimum atomic E-state index is 0.0631. The highest BCUT2D eigenvalue weighted by Crippen LogP contribution is 2.31. The summed E-state index contributed by atoms with van der Waals surface area (Å²) in [6.45, 7) is 3.66. The molecule has 152 valence electrons. The largest absolute Gasteiger partial charge is 0.388 e. The number of benzene rings is 3. The molecule has 0 aliphatic carbocycles. The summed E-state index contributed by atoms with van der Waals surface area (Å²) in [5.41, 5.74) is 6.37. The zero-order valence-corrected chi connectivity index (χ0v) is 18.4. The van der Waals surface area contributed by atoms with E-state index in [2.05, 4.69) is 70.4 Å². The lowest BCUT2D eigenvalue weighted by molar-refractivity contribution is 0.101. The number of ketones is 1. The highest BCUT2D eigenvalue weighted by atomic mass is 32.1. The smallest absolute Gasteiger partial charge is 0.159 e. The van der Waals surface area contributed by atoms with Crippen molar-refractivity contribution >= 4 is 17.1 Å². The molecule has 0 radical (unpaired) electrons. The van der Waals surface area contributed by atoms with Crippen LogP contribution < -0.4 is 0 Å². The molecular formula is C25H24N2O2S. The molecule has 3 aromatic carbocycles. The molecule has 0 bridgehead atoms. The number of aromatic nitrogens is 2. The number of ether oxygens (including phenoxy) is 1. The maximum absolute atomic E-state index is 11.4. The highest BCUT2D eigenvalue weighted by Gasteiger charge is 2.10. The summed E-state index contributed by atoms with van der Waals surface area (Å²) in [6, 6.07) is 24.4. The summed E-state index contributed by atoms with van der Waals surface area (Å²) in [5.74, 6) is 0.0631. The van der Waals surface area contributed by atoms with Crippen LogP contribution in [-0.2, 0) is 4.74 Å². The van der Waals surface area contributed by atoms with Gasteiger partial charge in [-0.2, -0.15) is 0 Å². The van der Waals surface area contributed by atoms with E-state index in [1.165, 1.54) is 16.7 Å². The van der Waals surface area contributed by atoms with Gasteiger partial charge in [-0.3, -0.25) is 4.79 Å². The first-order valence-corrected chi connectivity index (χ1v) is 10.4. The van der Waals surface area contributed by atoms with Crippen LogP contribution in [0.1, 0.15) is 22.8 Å². The third-order valence-electron chi connectivity index (χ3n) is 4.48. The van der Waals surface area contributed by atoms with Crippen LogP contribution in [0.15, 0.2) is 72.8 Å². The second-order valence-electron chi connectivity index (χ2n) is 6.90. The average molecular weight is 417 g/mol. The van der Waals surface area contributed by atoms with Crippen molar-refractivity contribution in [2.75, 3.05) is 14.2 Å². The number of carbonyl (C=O) groups excluding carboxylic acids is 1. The van der Waals surface area contributed by atoms with Gasteiger partial charge in [0.15, 0.2) is 5.78 Å². The van der Waals surface area contributed by atoms with Gasteiger partial charge in [-0.15, -0.1) is 10.2 Å². The predicted molar refractivity (Wildman–Crippen MR) is 124 cm³/mol. The molecule has 0 aliphatic rings. The van der Waals surface area contributed by atoms with Gasteiger partial charge in [-0.05, 0) is 25.0 Å². The van der Waals surface area contributed by atoms with Gasteiger partial charge < -0.3 is 4.74 Å². The van der Waals surface area contributed by atoms with Crippen LogP contribution in [0.2, 0.25) is 0 Å². The number of aryl methyl sites for hydroxylation is 1. The van der Waals surface area contributed by atoms with E-state index >= 15 is 0 Å². The monoisotopic (exact) mass is 416 g/mol. The topological polar surface area (TPSA) is 52.1 Å². The van der Waals surface area contributed by atoms with Gasteiger partial charge >= 0.3 is 0 Å². The Bertz CT molecular complexity index is 1100. The molecule has 0 saturated carbocycles.